The van der Waals surface area contributed by atoms with Crippen molar-refractivity contribution in [3.63, 3.8) is 0 Å². The topological polar surface area (TPSA) is 35.8 Å². The summed E-state index contributed by atoms with van der Waals surface area (Å²) < 4.78 is 26.8. The molecule has 0 saturated heterocycles. The van der Waals surface area contributed by atoms with Gasteiger partial charge in [0.15, 0.2) is 0 Å². The Hall–Kier alpha value is -2.12. The molecule has 1 N–H and O–H groups in total. The van der Waals surface area contributed by atoms with Gasteiger partial charge in [-0.3, -0.25) is 0 Å². The standard InChI is InChI=1S/C16H13ClF2N2/c1-9-15(19)5-11(8-20)6-16(9)21-10(2)13-4-3-12(18)7-14(13)17/h3-7,10,21H,1-2H3. The minimum atomic E-state index is -0.450. The van der Waals surface area contributed by atoms with Gasteiger partial charge in [0.1, 0.15) is 11.6 Å². The van der Waals surface area contributed by atoms with E-state index in [1.54, 1.807) is 19.1 Å². The monoisotopic (exact) mass is 306 g/mol. The number of nitrogens with zero attached hydrogens (tertiary/aromatic N) is 1. The van der Waals surface area contributed by atoms with Gasteiger partial charge in [0.25, 0.3) is 0 Å². The molecule has 0 aliphatic heterocycles. The minimum absolute atomic E-state index is 0.234. The number of hydrogen-bond acceptors (Lipinski definition) is 2. The van der Waals surface area contributed by atoms with Gasteiger partial charge in [0.2, 0.25) is 0 Å². The molecule has 0 spiro atoms. The maximum Gasteiger partial charge on any atom is 0.129 e. The van der Waals surface area contributed by atoms with Gasteiger partial charge in [-0.25, -0.2) is 8.78 Å². The molecule has 2 rings (SSSR count). The van der Waals surface area contributed by atoms with Crippen LogP contribution < -0.4 is 5.32 Å². The van der Waals surface area contributed by atoms with Crippen molar-refractivity contribution in [2.24, 2.45) is 0 Å². The van der Waals surface area contributed by atoms with E-state index in [0.29, 0.717) is 21.8 Å². The molecular formula is C16H13ClF2N2. The molecule has 108 valence electrons. The second kappa shape index (κ2) is 6.11. The van der Waals surface area contributed by atoms with Crippen molar-refractivity contribution in [1.29, 1.82) is 5.26 Å². The third-order valence-corrected chi connectivity index (χ3v) is 3.60. The van der Waals surface area contributed by atoms with Crippen molar-refractivity contribution in [2.75, 3.05) is 5.32 Å². The van der Waals surface area contributed by atoms with E-state index in [2.05, 4.69) is 5.32 Å². The Morgan fingerprint density at radius 2 is 1.95 bits per heavy atom. The summed E-state index contributed by atoms with van der Waals surface area (Å²) in [6, 6.07) is 8.55. The Kier molecular flexibility index (Phi) is 4.44. The molecular weight excluding hydrogens is 294 g/mol. The van der Waals surface area contributed by atoms with Crippen LogP contribution in [0.15, 0.2) is 30.3 Å². The predicted molar refractivity (Wildman–Crippen MR) is 79.3 cm³/mol. The van der Waals surface area contributed by atoms with Crippen molar-refractivity contribution in [3.8, 4) is 6.07 Å². The van der Waals surface area contributed by atoms with Crippen molar-refractivity contribution in [2.45, 2.75) is 19.9 Å². The fourth-order valence-corrected chi connectivity index (χ4v) is 2.39. The van der Waals surface area contributed by atoms with E-state index in [4.69, 9.17) is 16.9 Å². The summed E-state index contributed by atoms with van der Waals surface area (Å²) in [6.45, 7) is 3.45. The molecule has 2 nitrogen and oxygen atoms in total. The summed E-state index contributed by atoms with van der Waals surface area (Å²) >= 11 is 6.01. The first-order valence-electron chi connectivity index (χ1n) is 6.34. The van der Waals surface area contributed by atoms with Crippen LogP contribution in [0.5, 0.6) is 0 Å². The van der Waals surface area contributed by atoms with Crippen molar-refractivity contribution in [1.82, 2.24) is 0 Å². The lowest BCUT2D eigenvalue weighted by Gasteiger charge is -2.19. The lowest BCUT2D eigenvalue weighted by atomic mass is 10.1. The zero-order valence-corrected chi connectivity index (χ0v) is 12.3. The number of benzene rings is 2. The molecule has 1 atom stereocenters. The highest BCUT2D eigenvalue weighted by Crippen LogP contribution is 2.29. The summed E-state index contributed by atoms with van der Waals surface area (Å²) in [4.78, 5) is 0. The van der Waals surface area contributed by atoms with Crippen molar-refractivity contribution >= 4 is 17.3 Å². The predicted octanol–water partition coefficient (Wildman–Crippen LogP) is 4.97. The van der Waals surface area contributed by atoms with Gasteiger partial charge >= 0.3 is 0 Å². The second-order valence-electron chi connectivity index (χ2n) is 4.77. The van der Waals surface area contributed by atoms with Gasteiger partial charge in [-0.2, -0.15) is 5.26 Å². The molecule has 0 amide bonds. The Morgan fingerprint density at radius 3 is 2.57 bits per heavy atom. The van der Waals surface area contributed by atoms with Crippen LogP contribution in [0.3, 0.4) is 0 Å². The van der Waals surface area contributed by atoms with Crippen LogP contribution in [0.4, 0.5) is 14.5 Å². The van der Waals surface area contributed by atoms with Crippen molar-refractivity contribution in [3.05, 3.63) is 63.7 Å². The molecule has 2 aromatic rings. The first kappa shape index (κ1) is 15.3. The Balaban J connectivity index is 2.33. The molecule has 21 heavy (non-hydrogen) atoms. The van der Waals surface area contributed by atoms with Crippen LogP contribution in [-0.4, -0.2) is 0 Å². The molecule has 0 fully saturated rings. The molecule has 0 aliphatic rings. The van der Waals surface area contributed by atoms with E-state index >= 15 is 0 Å². The summed E-state index contributed by atoms with van der Waals surface area (Å²) in [7, 11) is 0. The number of anilines is 1. The maximum absolute atomic E-state index is 13.7. The van der Waals surface area contributed by atoms with Crippen molar-refractivity contribution < 1.29 is 8.78 Å². The molecule has 0 bridgehead atoms. The normalized spacial score (nSPS) is 11.8. The van der Waals surface area contributed by atoms with Gasteiger partial charge in [-0.1, -0.05) is 17.7 Å². The van der Waals surface area contributed by atoms with Crippen LogP contribution >= 0.6 is 11.6 Å². The van der Waals surface area contributed by atoms with E-state index in [0.717, 1.165) is 0 Å². The minimum Gasteiger partial charge on any atom is -0.378 e. The van der Waals surface area contributed by atoms with Gasteiger partial charge in [-0.05, 0) is 43.7 Å². The number of rotatable bonds is 3. The first-order chi connectivity index (χ1) is 9.92. The molecule has 0 radical (unpaired) electrons. The number of hydrogen-bond donors (Lipinski definition) is 1. The fraction of sp³-hybridized carbons (Fsp3) is 0.188. The Labute approximate surface area is 127 Å². The number of nitriles is 1. The summed E-state index contributed by atoms with van der Waals surface area (Å²) in [5, 5.41) is 12.3. The fourth-order valence-electron chi connectivity index (χ4n) is 2.06. The highest BCUT2D eigenvalue weighted by molar-refractivity contribution is 6.31. The molecule has 1 unspecified atom stereocenters. The molecule has 0 heterocycles. The molecule has 5 heteroatoms. The highest BCUT2D eigenvalue weighted by atomic mass is 35.5. The number of nitrogens with one attached hydrogen (secondary N) is 1. The van der Waals surface area contributed by atoms with E-state index < -0.39 is 11.6 Å². The van der Waals surface area contributed by atoms with Crippen LogP contribution in [0.2, 0.25) is 5.02 Å². The van der Waals surface area contributed by atoms with Crippen LogP contribution in [0.25, 0.3) is 0 Å². The molecule has 2 aromatic carbocycles. The summed E-state index contributed by atoms with van der Waals surface area (Å²) in [5.74, 6) is -0.862. The zero-order valence-electron chi connectivity index (χ0n) is 11.5. The van der Waals surface area contributed by atoms with Gasteiger partial charge < -0.3 is 5.32 Å². The van der Waals surface area contributed by atoms with E-state index in [1.165, 1.54) is 18.2 Å². The Morgan fingerprint density at radius 1 is 1.24 bits per heavy atom. The molecule has 0 aromatic heterocycles. The van der Waals surface area contributed by atoms with E-state index in [9.17, 15) is 8.78 Å². The molecule has 0 aliphatic carbocycles. The third kappa shape index (κ3) is 3.32. The quantitative estimate of drug-likeness (QED) is 0.869. The van der Waals surface area contributed by atoms with Gasteiger partial charge in [0, 0.05) is 16.3 Å². The van der Waals surface area contributed by atoms with E-state index in [1.807, 2.05) is 13.0 Å². The largest absolute Gasteiger partial charge is 0.378 e. The molecule has 0 saturated carbocycles. The SMILES string of the molecule is Cc1c(F)cc(C#N)cc1NC(C)c1ccc(F)cc1Cl. The average molecular weight is 307 g/mol. The summed E-state index contributed by atoms with van der Waals surface area (Å²) in [6.07, 6.45) is 0. The third-order valence-electron chi connectivity index (χ3n) is 3.27. The van der Waals surface area contributed by atoms with Gasteiger partial charge in [-0.15, -0.1) is 0 Å². The maximum atomic E-state index is 13.7. The van der Waals surface area contributed by atoms with E-state index in [-0.39, 0.29) is 11.6 Å². The Bertz CT molecular complexity index is 723. The van der Waals surface area contributed by atoms with Crippen LogP contribution in [-0.2, 0) is 0 Å². The zero-order chi connectivity index (χ0) is 15.6. The average Bonchev–Trinajstić information content (AvgIpc) is 2.43. The highest BCUT2D eigenvalue weighted by Gasteiger charge is 2.13. The van der Waals surface area contributed by atoms with Crippen LogP contribution in [0, 0.1) is 29.9 Å². The first-order valence-corrected chi connectivity index (χ1v) is 6.72. The van der Waals surface area contributed by atoms with Crippen LogP contribution in [0.1, 0.15) is 29.7 Å². The number of halogens is 3. The van der Waals surface area contributed by atoms with Gasteiger partial charge in [0.05, 0.1) is 17.7 Å². The lowest BCUT2D eigenvalue weighted by Crippen LogP contribution is -2.09. The second-order valence-corrected chi connectivity index (χ2v) is 5.18. The lowest BCUT2D eigenvalue weighted by molar-refractivity contribution is 0.618. The summed E-state index contributed by atoms with van der Waals surface area (Å²) in [5.41, 5.74) is 1.86. The smallest absolute Gasteiger partial charge is 0.129 e.